The standard InChI is InChI=1S/C20H23BrN2OS/c1-15-4-6-16(7-5-15)13-23(14-19-3-2-12-24-19)20(25)22-18-10-8-17(21)9-11-18/h4-11,19H,2-3,12-14H2,1H3,(H,22,25). The Labute approximate surface area is 163 Å². The van der Waals surface area contributed by atoms with Crippen molar-refractivity contribution in [3.05, 3.63) is 64.1 Å². The zero-order chi connectivity index (χ0) is 17.6. The molecule has 0 radical (unpaired) electrons. The average molecular weight is 419 g/mol. The molecule has 1 fully saturated rings. The summed E-state index contributed by atoms with van der Waals surface area (Å²) in [5, 5.41) is 4.09. The van der Waals surface area contributed by atoms with Gasteiger partial charge in [0.05, 0.1) is 6.10 Å². The first kappa shape index (κ1) is 18.4. The highest BCUT2D eigenvalue weighted by Gasteiger charge is 2.21. The molecule has 0 spiro atoms. The maximum Gasteiger partial charge on any atom is 0.173 e. The van der Waals surface area contributed by atoms with E-state index in [4.69, 9.17) is 17.0 Å². The highest BCUT2D eigenvalue weighted by molar-refractivity contribution is 9.10. The minimum atomic E-state index is 0.259. The molecule has 1 N–H and O–H groups in total. The number of ether oxygens (including phenoxy) is 1. The molecular weight excluding hydrogens is 396 g/mol. The molecule has 5 heteroatoms. The van der Waals surface area contributed by atoms with Gasteiger partial charge >= 0.3 is 0 Å². The number of nitrogens with zero attached hydrogens (tertiary/aromatic N) is 1. The monoisotopic (exact) mass is 418 g/mol. The van der Waals surface area contributed by atoms with Gasteiger partial charge in [0.2, 0.25) is 0 Å². The summed E-state index contributed by atoms with van der Waals surface area (Å²) in [6, 6.07) is 16.7. The fourth-order valence-electron chi connectivity index (χ4n) is 2.90. The van der Waals surface area contributed by atoms with E-state index in [0.717, 1.165) is 47.8 Å². The molecule has 0 amide bonds. The van der Waals surface area contributed by atoms with E-state index in [2.05, 4.69) is 57.3 Å². The van der Waals surface area contributed by atoms with E-state index in [-0.39, 0.29) is 6.10 Å². The molecule has 1 saturated heterocycles. The molecule has 3 rings (SSSR count). The summed E-state index contributed by atoms with van der Waals surface area (Å²) in [5.74, 6) is 0. The Balaban J connectivity index is 1.70. The molecule has 2 aromatic rings. The maximum atomic E-state index is 5.82. The molecule has 1 aliphatic rings. The predicted molar refractivity (Wildman–Crippen MR) is 111 cm³/mol. The normalized spacial score (nSPS) is 16.6. The number of rotatable bonds is 5. The first-order valence-electron chi connectivity index (χ1n) is 8.59. The van der Waals surface area contributed by atoms with Crippen molar-refractivity contribution in [1.29, 1.82) is 0 Å². The Morgan fingerprint density at radius 1 is 1.20 bits per heavy atom. The number of benzene rings is 2. The maximum absolute atomic E-state index is 5.82. The van der Waals surface area contributed by atoms with Gasteiger partial charge in [0.15, 0.2) is 5.11 Å². The van der Waals surface area contributed by atoms with Crippen LogP contribution in [0.5, 0.6) is 0 Å². The highest BCUT2D eigenvalue weighted by atomic mass is 79.9. The fraction of sp³-hybridized carbons (Fsp3) is 0.350. The van der Waals surface area contributed by atoms with Gasteiger partial charge in [-0.05, 0) is 61.8 Å². The van der Waals surface area contributed by atoms with E-state index >= 15 is 0 Å². The van der Waals surface area contributed by atoms with E-state index < -0.39 is 0 Å². The number of hydrogen-bond donors (Lipinski definition) is 1. The van der Waals surface area contributed by atoms with Crippen molar-refractivity contribution in [3.63, 3.8) is 0 Å². The molecule has 3 nitrogen and oxygen atoms in total. The summed E-state index contributed by atoms with van der Waals surface area (Å²) in [6.45, 7) is 4.56. The second kappa shape index (κ2) is 8.79. The summed E-state index contributed by atoms with van der Waals surface area (Å²) in [5.41, 5.74) is 3.52. The van der Waals surface area contributed by atoms with Crippen LogP contribution < -0.4 is 5.32 Å². The van der Waals surface area contributed by atoms with E-state index in [1.807, 2.05) is 24.3 Å². The topological polar surface area (TPSA) is 24.5 Å². The minimum Gasteiger partial charge on any atom is -0.376 e. The van der Waals surface area contributed by atoms with Crippen LogP contribution in [-0.2, 0) is 11.3 Å². The van der Waals surface area contributed by atoms with E-state index in [9.17, 15) is 0 Å². The van der Waals surface area contributed by atoms with Crippen LogP contribution in [-0.4, -0.2) is 29.3 Å². The summed E-state index contributed by atoms with van der Waals surface area (Å²) in [4.78, 5) is 2.21. The molecule has 132 valence electrons. The first-order chi connectivity index (χ1) is 12.1. The van der Waals surface area contributed by atoms with Crippen LogP contribution in [0.2, 0.25) is 0 Å². The number of halogens is 1. The number of anilines is 1. The van der Waals surface area contributed by atoms with Crippen LogP contribution in [0.4, 0.5) is 5.69 Å². The Bertz CT molecular complexity index is 697. The van der Waals surface area contributed by atoms with Gasteiger partial charge in [0, 0.05) is 29.9 Å². The quantitative estimate of drug-likeness (QED) is 0.679. The molecule has 25 heavy (non-hydrogen) atoms. The summed E-state index contributed by atoms with van der Waals surface area (Å²) < 4.78 is 6.88. The first-order valence-corrected chi connectivity index (χ1v) is 9.79. The number of hydrogen-bond acceptors (Lipinski definition) is 2. The van der Waals surface area contributed by atoms with Gasteiger partial charge in [-0.1, -0.05) is 45.8 Å². The number of nitrogens with one attached hydrogen (secondary N) is 1. The van der Waals surface area contributed by atoms with Gasteiger partial charge < -0.3 is 15.0 Å². The zero-order valence-corrected chi connectivity index (χ0v) is 16.8. The molecule has 1 aliphatic heterocycles. The smallest absolute Gasteiger partial charge is 0.173 e. The lowest BCUT2D eigenvalue weighted by atomic mass is 10.1. The Kier molecular flexibility index (Phi) is 6.45. The summed E-state index contributed by atoms with van der Waals surface area (Å²) in [7, 11) is 0. The van der Waals surface area contributed by atoms with Crippen molar-refractivity contribution in [2.24, 2.45) is 0 Å². The van der Waals surface area contributed by atoms with Crippen molar-refractivity contribution < 1.29 is 4.74 Å². The highest BCUT2D eigenvalue weighted by Crippen LogP contribution is 2.18. The van der Waals surface area contributed by atoms with Crippen molar-refractivity contribution >= 4 is 38.9 Å². The molecule has 0 aliphatic carbocycles. The van der Waals surface area contributed by atoms with Crippen LogP contribution in [0.3, 0.4) is 0 Å². The molecule has 2 aromatic carbocycles. The van der Waals surface area contributed by atoms with E-state index in [0.29, 0.717) is 0 Å². The van der Waals surface area contributed by atoms with Gasteiger partial charge in [0.1, 0.15) is 0 Å². The van der Waals surface area contributed by atoms with Crippen molar-refractivity contribution in [3.8, 4) is 0 Å². The Morgan fingerprint density at radius 3 is 2.56 bits per heavy atom. The lowest BCUT2D eigenvalue weighted by Gasteiger charge is -2.28. The third kappa shape index (κ3) is 5.53. The van der Waals surface area contributed by atoms with Crippen LogP contribution in [0, 0.1) is 6.92 Å². The minimum absolute atomic E-state index is 0.259. The van der Waals surface area contributed by atoms with Crippen molar-refractivity contribution in [2.45, 2.75) is 32.4 Å². The van der Waals surface area contributed by atoms with Crippen LogP contribution in [0.25, 0.3) is 0 Å². The van der Waals surface area contributed by atoms with E-state index in [1.165, 1.54) is 11.1 Å². The summed E-state index contributed by atoms with van der Waals surface area (Å²) in [6.07, 6.45) is 2.50. The van der Waals surface area contributed by atoms with Gasteiger partial charge in [-0.3, -0.25) is 0 Å². The predicted octanol–water partition coefficient (Wildman–Crippen LogP) is 5.14. The molecule has 1 atom stereocenters. The van der Waals surface area contributed by atoms with Gasteiger partial charge in [-0.2, -0.15) is 0 Å². The zero-order valence-electron chi connectivity index (χ0n) is 14.4. The largest absolute Gasteiger partial charge is 0.376 e. The van der Waals surface area contributed by atoms with Crippen molar-refractivity contribution in [1.82, 2.24) is 4.90 Å². The van der Waals surface area contributed by atoms with Crippen molar-refractivity contribution in [2.75, 3.05) is 18.5 Å². The van der Waals surface area contributed by atoms with Gasteiger partial charge in [-0.25, -0.2) is 0 Å². The summed E-state index contributed by atoms with van der Waals surface area (Å²) >= 11 is 9.16. The molecular formula is C20H23BrN2OS. The van der Waals surface area contributed by atoms with Crippen LogP contribution in [0.15, 0.2) is 53.0 Å². The Hall–Kier alpha value is -1.43. The second-order valence-electron chi connectivity index (χ2n) is 6.44. The SMILES string of the molecule is Cc1ccc(CN(CC2CCCO2)C(=S)Nc2ccc(Br)cc2)cc1. The number of aryl methyl sites for hydroxylation is 1. The third-order valence-corrected chi connectivity index (χ3v) is 5.21. The molecule has 0 aromatic heterocycles. The average Bonchev–Trinajstić information content (AvgIpc) is 3.11. The van der Waals surface area contributed by atoms with Crippen LogP contribution >= 0.6 is 28.1 Å². The molecule has 0 bridgehead atoms. The lowest BCUT2D eigenvalue weighted by molar-refractivity contribution is 0.0905. The Morgan fingerprint density at radius 2 is 1.92 bits per heavy atom. The molecule has 0 saturated carbocycles. The third-order valence-electron chi connectivity index (χ3n) is 4.32. The van der Waals surface area contributed by atoms with Gasteiger partial charge in [0.25, 0.3) is 0 Å². The van der Waals surface area contributed by atoms with E-state index in [1.54, 1.807) is 0 Å². The molecule has 1 heterocycles. The van der Waals surface area contributed by atoms with Crippen LogP contribution in [0.1, 0.15) is 24.0 Å². The fourth-order valence-corrected chi connectivity index (χ4v) is 3.42. The number of thiocarbonyl (C=S) groups is 1. The second-order valence-corrected chi connectivity index (χ2v) is 7.74. The van der Waals surface area contributed by atoms with Gasteiger partial charge in [-0.15, -0.1) is 0 Å². The molecule has 1 unspecified atom stereocenters. The lowest BCUT2D eigenvalue weighted by Crippen LogP contribution is -2.39.